The van der Waals surface area contributed by atoms with E-state index in [0.29, 0.717) is 17.1 Å². The first-order valence-corrected chi connectivity index (χ1v) is 11.3. The van der Waals surface area contributed by atoms with Gasteiger partial charge in [0.05, 0.1) is 16.3 Å². The first-order chi connectivity index (χ1) is 15.6. The van der Waals surface area contributed by atoms with Gasteiger partial charge in [0.15, 0.2) is 0 Å². The molecule has 0 N–H and O–H groups in total. The topological polar surface area (TPSA) is 86.2 Å². The van der Waals surface area contributed by atoms with E-state index in [-0.39, 0.29) is 28.5 Å². The molecule has 1 aromatic carbocycles. The van der Waals surface area contributed by atoms with Crippen molar-refractivity contribution in [3.05, 3.63) is 64.5 Å². The molecule has 2 unspecified atom stereocenters. The molecule has 5 rings (SSSR count). The zero-order valence-corrected chi connectivity index (χ0v) is 19.5. The molecule has 1 saturated heterocycles. The predicted octanol–water partition coefficient (Wildman–Crippen LogP) is 4.83. The molecular formula is C25H29N5O3. The summed E-state index contributed by atoms with van der Waals surface area (Å²) < 4.78 is 3.51. The van der Waals surface area contributed by atoms with Crippen molar-refractivity contribution < 1.29 is 9.72 Å². The van der Waals surface area contributed by atoms with Crippen molar-refractivity contribution in [3.8, 4) is 17.1 Å². The van der Waals surface area contributed by atoms with Crippen molar-refractivity contribution in [2.45, 2.75) is 46.1 Å². The number of hydrogen-bond acceptors (Lipinski definition) is 4. The number of likely N-dealkylation sites (tertiary alicyclic amines) is 1. The van der Waals surface area contributed by atoms with E-state index in [1.165, 1.54) is 12.1 Å². The molecule has 2 bridgehead atoms. The molecule has 1 saturated carbocycles. The zero-order chi connectivity index (χ0) is 23.5. The van der Waals surface area contributed by atoms with Gasteiger partial charge in [-0.25, -0.2) is 4.68 Å². The summed E-state index contributed by atoms with van der Waals surface area (Å²) in [6, 6.07) is 12.2. The highest BCUT2D eigenvalue weighted by molar-refractivity contribution is 5.95. The Morgan fingerprint density at radius 2 is 1.94 bits per heavy atom. The predicted molar refractivity (Wildman–Crippen MR) is 125 cm³/mol. The first-order valence-electron chi connectivity index (χ1n) is 11.3. The maximum Gasteiger partial charge on any atom is 0.272 e. The SMILES string of the molecule is Cn1cccc1-c1cc(C(=O)N2CC3(C)CC2CC(C)(C)C3)n(-c2cccc([N+](=O)[O-])c2)n1. The second kappa shape index (κ2) is 7.30. The number of fused-ring (bicyclic) bond motifs is 2. The molecule has 33 heavy (non-hydrogen) atoms. The summed E-state index contributed by atoms with van der Waals surface area (Å²) in [7, 11) is 1.93. The molecule has 0 radical (unpaired) electrons. The molecule has 2 fully saturated rings. The first kappa shape index (κ1) is 21.4. The Balaban J connectivity index is 1.60. The number of non-ortho nitro benzene ring substituents is 1. The molecule has 1 aliphatic heterocycles. The summed E-state index contributed by atoms with van der Waals surface area (Å²) in [5.74, 6) is -0.0686. The number of nitro groups is 1. The molecular weight excluding hydrogens is 418 g/mol. The Labute approximate surface area is 193 Å². The number of benzene rings is 1. The summed E-state index contributed by atoms with van der Waals surface area (Å²) >= 11 is 0. The number of nitro benzene ring substituents is 1. The third-order valence-corrected chi connectivity index (χ3v) is 7.10. The maximum atomic E-state index is 13.9. The number of aromatic nitrogens is 3. The van der Waals surface area contributed by atoms with E-state index in [4.69, 9.17) is 5.10 Å². The third kappa shape index (κ3) is 3.73. The smallest absolute Gasteiger partial charge is 0.272 e. The van der Waals surface area contributed by atoms with Crippen molar-refractivity contribution in [2.24, 2.45) is 17.9 Å². The normalized spacial score (nSPS) is 23.6. The molecule has 3 heterocycles. The molecule has 1 aliphatic carbocycles. The van der Waals surface area contributed by atoms with Gasteiger partial charge in [0.2, 0.25) is 0 Å². The Hall–Kier alpha value is -3.42. The molecule has 8 nitrogen and oxygen atoms in total. The number of nitrogens with zero attached hydrogens (tertiary/aromatic N) is 5. The van der Waals surface area contributed by atoms with Crippen molar-refractivity contribution in [1.82, 2.24) is 19.2 Å². The highest BCUT2D eigenvalue weighted by Crippen LogP contribution is 2.52. The van der Waals surface area contributed by atoms with Crippen LogP contribution in [-0.4, -0.2) is 42.7 Å². The van der Waals surface area contributed by atoms with Gasteiger partial charge in [0, 0.05) is 38.0 Å². The van der Waals surface area contributed by atoms with Gasteiger partial charge in [-0.2, -0.15) is 5.10 Å². The number of amides is 1. The summed E-state index contributed by atoms with van der Waals surface area (Å²) in [5.41, 5.74) is 2.74. The quantitative estimate of drug-likeness (QED) is 0.424. The zero-order valence-electron chi connectivity index (χ0n) is 19.5. The lowest BCUT2D eigenvalue weighted by atomic mass is 9.65. The fraction of sp³-hybridized carbons (Fsp3) is 0.440. The average molecular weight is 448 g/mol. The Kier molecular flexibility index (Phi) is 4.74. The van der Waals surface area contributed by atoms with Gasteiger partial charge in [-0.05, 0) is 54.4 Å². The van der Waals surface area contributed by atoms with E-state index in [2.05, 4.69) is 20.8 Å². The lowest BCUT2D eigenvalue weighted by Gasteiger charge is -2.39. The number of aryl methyl sites for hydroxylation is 1. The average Bonchev–Trinajstić information content (AvgIpc) is 3.42. The molecule has 3 aromatic rings. The highest BCUT2D eigenvalue weighted by atomic mass is 16.6. The molecule has 172 valence electrons. The van der Waals surface area contributed by atoms with Crippen LogP contribution in [0.4, 0.5) is 5.69 Å². The number of carbonyl (C=O) groups is 1. The molecule has 8 heteroatoms. The van der Waals surface area contributed by atoms with E-state index >= 15 is 0 Å². The number of carbonyl (C=O) groups excluding carboxylic acids is 1. The minimum atomic E-state index is -0.431. The minimum absolute atomic E-state index is 0.0342. The second-order valence-electron chi connectivity index (χ2n) is 10.8. The van der Waals surface area contributed by atoms with Crippen LogP contribution >= 0.6 is 0 Å². The second-order valence-corrected chi connectivity index (χ2v) is 10.8. The van der Waals surface area contributed by atoms with Crippen LogP contribution in [0.5, 0.6) is 0 Å². The Morgan fingerprint density at radius 3 is 2.64 bits per heavy atom. The fourth-order valence-corrected chi connectivity index (χ4v) is 6.17. The molecule has 2 aliphatic rings. The van der Waals surface area contributed by atoms with Crippen molar-refractivity contribution in [3.63, 3.8) is 0 Å². The maximum absolute atomic E-state index is 13.9. The lowest BCUT2D eigenvalue weighted by Crippen LogP contribution is -2.38. The number of hydrogen-bond donors (Lipinski definition) is 0. The fourth-order valence-electron chi connectivity index (χ4n) is 6.17. The minimum Gasteiger partial charge on any atom is -0.349 e. The van der Waals surface area contributed by atoms with Gasteiger partial charge < -0.3 is 9.47 Å². The van der Waals surface area contributed by atoms with Crippen LogP contribution in [0, 0.1) is 20.9 Å². The van der Waals surface area contributed by atoms with Gasteiger partial charge >= 0.3 is 0 Å². The highest BCUT2D eigenvalue weighted by Gasteiger charge is 2.51. The Morgan fingerprint density at radius 1 is 1.15 bits per heavy atom. The van der Waals surface area contributed by atoms with Crippen LogP contribution in [0.2, 0.25) is 0 Å². The van der Waals surface area contributed by atoms with Gasteiger partial charge in [-0.3, -0.25) is 14.9 Å². The summed E-state index contributed by atoms with van der Waals surface area (Å²) in [6.45, 7) is 7.57. The van der Waals surface area contributed by atoms with Crippen molar-refractivity contribution >= 4 is 11.6 Å². The van der Waals surface area contributed by atoms with E-state index < -0.39 is 4.92 Å². The van der Waals surface area contributed by atoms with E-state index in [1.54, 1.807) is 16.8 Å². The van der Waals surface area contributed by atoms with Crippen molar-refractivity contribution in [2.75, 3.05) is 6.54 Å². The standard InChI is InChI=1S/C25H29N5O3/c1-24(2)13-19-14-25(3,15-24)16-28(19)23(31)22-12-20(21-9-6-10-27(21)4)26-29(22)17-7-5-8-18(11-17)30(32)33/h5-12,19H,13-16H2,1-4H3. The van der Waals surface area contributed by atoms with Crippen LogP contribution < -0.4 is 0 Å². The van der Waals surface area contributed by atoms with Crippen LogP contribution in [0.15, 0.2) is 48.7 Å². The Bertz CT molecular complexity index is 1260. The van der Waals surface area contributed by atoms with Gasteiger partial charge in [-0.15, -0.1) is 0 Å². The third-order valence-electron chi connectivity index (χ3n) is 7.10. The molecule has 0 spiro atoms. The van der Waals surface area contributed by atoms with Crippen LogP contribution in [-0.2, 0) is 7.05 Å². The van der Waals surface area contributed by atoms with Crippen LogP contribution in [0.3, 0.4) is 0 Å². The molecule has 1 amide bonds. The lowest BCUT2D eigenvalue weighted by molar-refractivity contribution is -0.384. The summed E-state index contributed by atoms with van der Waals surface area (Å²) in [4.78, 5) is 26.9. The van der Waals surface area contributed by atoms with Gasteiger partial charge in [-0.1, -0.05) is 26.8 Å². The monoisotopic (exact) mass is 447 g/mol. The largest absolute Gasteiger partial charge is 0.349 e. The van der Waals surface area contributed by atoms with Crippen molar-refractivity contribution in [1.29, 1.82) is 0 Å². The summed E-state index contributed by atoms with van der Waals surface area (Å²) in [5, 5.41) is 16.1. The number of rotatable bonds is 4. The van der Waals surface area contributed by atoms with E-state index in [1.807, 2.05) is 40.9 Å². The van der Waals surface area contributed by atoms with Gasteiger partial charge in [0.25, 0.3) is 11.6 Å². The van der Waals surface area contributed by atoms with E-state index in [9.17, 15) is 14.9 Å². The van der Waals surface area contributed by atoms with E-state index in [0.717, 1.165) is 31.5 Å². The molecule has 2 aromatic heterocycles. The van der Waals surface area contributed by atoms with Gasteiger partial charge in [0.1, 0.15) is 11.4 Å². The van der Waals surface area contributed by atoms with Crippen LogP contribution in [0.25, 0.3) is 17.1 Å². The summed E-state index contributed by atoms with van der Waals surface area (Å²) in [6.07, 6.45) is 5.01. The molecule has 2 atom stereocenters. The van der Waals surface area contributed by atoms with Crippen LogP contribution in [0.1, 0.15) is 50.5 Å².